The smallest absolute Gasteiger partial charge is 0.324 e. The van der Waals surface area contributed by atoms with Gasteiger partial charge in [-0.25, -0.2) is 9.69 Å². The van der Waals surface area contributed by atoms with Gasteiger partial charge in [0.05, 0.1) is 5.69 Å². The van der Waals surface area contributed by atoms with Crippen LogP contribution in [0.4, 0.5) is 10.5 Å². The van der Waals surface area contributed by atoms with E-state index in [1.165, 1.54) is 17.7 Å². The number of benzene rings is 2. The predicted molar refractivity (Wildman–Crippen MR) is 97.4 cm³/mol. The van der Waals surface area contributed by atoms with Crippen molar-refractivity contribution in [3.63, 3.8) is 0 Å². The first kappa shape index (κ1) is 15.8. The molecular weight excluding hydrogens is 314 g/mol. The fourth-order valence-electron chi connectivity index (χ4n) is 3.56. The molecule has 0 radical (unpaired) electrons. The van der Waals surface area contributed by atoms with Crippen LogP contribution in [-0.4, -0.2) is 42.5 Å². The van der Waals surface area contributed by atoms with E-state index in [1.807, 2.05) is 54.6 Å². The summed E-state index contributed by atoms with van der Waals surface area (Å²) in [6.07, 6.45) is 2.33. The molecule has 2 heterocycles. The Morgan fingerprint density at radius 2 is 1.52 bits per heavy atom. The number of urea groups is 1. The summed E-state index contributed by atoms with van der Waals surface area (Å²) in [4.78, 5) is 28.5. The molecule has 0 aromatic heterocycles. The molecule has 5 nitrogen and oxygen atoms in total. The normalized spacial score (nSPS) is 21.0. The van der Waals surface area contributed by atoms with Crippen LogP contribution in [0.15, 0.2) is 54.6 Å². The second-order valence-electron chi connectivity index (χ2n) is 6.60. The van der Waals surface area contributed by atoms with Crippen LogP contribution in [-0.2, 0) is 4.79 Å². The van der Waals surface area contributed by atoms with Gasteiger partial charge >= 0.3 is 6.03 Å². The van der Waals surface area contributed by atoms with Crippen LogP contribution in [0.2, 0.25) is 0 Å². The Bertz CT molecular complexity index is 767. The van der Waals surface area contributed by atoms with Crippen molar-refractivity contribution >= 4 is 17.6 Å². The second kappa shape index (κ2) is 6.69. The Morgan fingerprint density at radius 3 is 2.20 bits per heavy atom. The highest BCUT2D eigenvalue weighted by atomic mass is 16.2. The summed E-state index contributed by atoms with van der Waals surface area (Å²) >= 11 is 0. The van der Waals surface area contributed by atoms with Gasteiger partial charge < -0.3 is 10.2 Å². The largest absolute Gasteiger partial charge is 0.329 e. The molecule has 2 aliphatic heterocycles. The lowest BCUT2D eigenvalue weighted by atomic mass is 10.1. The number of nitrogens with one attached hydrogen (secondary N) is 1. The lowest BCUT2D eigenvalue weighted by Crippen LogP contribution is -2.41. The molecule has 0 spiro atoms. The third-order valence-corrected chi connectivity index (χ3v) is 4.89. The van der Waals surface area contributed by atoms with Gasteiger partial charge in [-0.1, -0.05) is 42.5 Å². The highest BCUT2D eigenvalue weighted by Crippen LogP contribution is 2.25. The molecule has 0 saturated carbocycles. The van der Waals surface area contributed by atoms with Crippen molar-refractivity contribution in [1.82, 2.24) is 10.2 Å². The van der Waals surface area contributed by atoms with E-state index in [0.717, 1.165) is 24.2 Å². The summed E-state index contributed by atoms with van der Waals surface area (Å²) in [7, 11) is 0. The van der Waals surface area contributed by atoms with E-state index in [1.54, 1.807) is 0 Å². The van der Waals surface area contributed by atoms with Gasteiger partial charge in [0.25, 0.3) is 5.91 Å². The van der Waals surface area contributed by atoms with Crippen molar-refractivity contribution in [2.45, 2.75) is 18.9 Å². The number of rotatable bonds is 4. The van der Waals surface area contributed by atoms with E-state index < -0.39 is 6.04 Å². The molecule has 5 heteroatoms. The van der Waals surface area contributed by atoms with Crippen molar-refractivity contribution in [2.24, 2.45) is 0 Å². The van der Waals surface area contributed by atoms with E-state index >= 15 is 0 Å². The van der Waals surface area contributed by atoms with Gasteiger partial charge in [-0.2, -0.15) is 0 Å². The number of carbonyl (C=O) groups excluding carboxylic acids is 2. The van der Waals surface area contributed by atoms with E-state index in [0.29, 0.717) is 12.2 Å². The van der Waals surface area contributed by atoms with Crippen LogP contribution in [0.25, 0.3) is 11.1 Å². The highest BCUT2D eigenvalue weighted by Gasteiger charge is 2.39. The molecule has 2 aromatic rings. The van der Waals surface area contributed by atoms with E-state index in [4.69, 9.17) is 0 Å². The maximum absolute atomic E-state index is 12.7. The van der Waals surface area contributed by atoms with E-state index in [2.05, 4.69) is 10.2 Å². The minimum absolute atomic E-state index is 0.163. The number of hydrogen-bond acceptors (Lipinski definition) is 3. The monoisotopic (exact) mass is 335 g/mol. The molecule has 2 aliphatic rings. The molecule has 2 aromatic carbocycles. The number of imide groups is 1. The number of anilines is 1. The summed E-state index contributed by atoms with van der Waals surface area (Å²) < 4.78 is 0. The number of carbonyl (C=O) groups is 2. The lowest BCUT2D eigenvalue weighted by Gasteiger charge is -2.18. The molecule has 1 N–H and O–H groups in total. The van der Waals surface area contributed by atoms with Gasteiger partial charge in [0.15, 0.2) is 0 Å². The lowest BCUT2D eigenvalue weighted by molar-refractivity contribution is -0.118. The molecule has 2 saturated heterocycles. The van der Waals surface area contributed by atoms with Crippen LogP contribution in [0.1, 0.15) is 12.8 Å². The van der Waals surface area contributed by atoms with Crippen molar-refractivity contribution in [3.8, 4) is 11.1 Å². The van der Waals surface area contributed by atoms with Crippen LogP contribution >= 0.6 is 0 Å². The van der Waals surface area contributed by atoms with Crippen LogP contribution in [0, 0.1) is 0 Å². The Labute approximate surface area is 147 Å². The molecule has 1 unspecified atom stereocenters. The van der Waals surface area contributed by atoms with Crippen molar-refractivity contribution in [2.75, 3.05) is 24.5 Å². The standard InChI is InChI=1S/C20H21N3O2/c24-19-18(14-22-12-4-5-13-22)21-20(25)23(19)17-10-8-16(9-11-17)15-6-2-1-3-7-15/h1-3,6-11,18H,4-5,12-14H2,(H,21,25). The van der Waals surface area contributed by atoms with E-state index in [-0.39, 0.29) is 11.9 Å². The van der Waals surface area contributed by atoms with E-state index in [9.17, 15) is 9.59 Å². The third-order valence-electron chi connectivity index (χ3n) is 4.89. The Balaban J connectivity index is 1.51. The third kappa shape index (κ3) is 3.15. The zero-order valence-corrected chi connectivity index (χ0v) is 14.0. The molecule has 0 bridgehead atoms. The van der Waals surface area contributed by atoms with Gasteiger partial charge in [-0.05, 0) is 49.2 Å². The topological polar surface area (TPSA) is 52.7 Å². The zero-order valence-electron chi connectivity index (χ0n) is 14.0. The van der Waals surface area contributed by atoms with Crippen LogP contribution in [0.3, 0.4) is 0 Å². The molecule has 128 valence electrons. The van der Waals surface area contributed by atoms with Gasteiger partial charge in [-0.3, -0.25) is 4.79 Å². The molecule has 2 fully saturated rings. The summed E-state index contributed by atoms with van der Waals surface area (Å²) in [6.45, 7) is 2.61. The van der Waals surface area contributed by atoms with Crippen molar-refractivity contribution in [3.05, 3.63) is 54.6 Å². The summed E-state index contributed by atoms with van der Waals surface area (Å²) in [5.74, 6) is -0.163. The van der Waals surface area contributed by atoms with Crippen LogP contribution in [0.5, 0.6) is 0 Å². The minimum atomic E-state index is -0.445. The fourth-order valence-corrected chi connectivity index (χ4v) is 3.56. The SMILES string of the molecule is O=C1NC(CN2CCCC2)C(=O)N1c1ccc(-c2ccccc2)cc1. The zero-order chi connectivity index (χ0) is 17.2. The first-order valence-corrected chi connectivity index (χ1v) is 8.75. The predicted octanol–water partition coefficient (Wildman–Crippen LogP) is 2.87. The average Bonchev–Trinajstić information content (AvgIpc) is 3.25. The van der Waals surface area contributed by atoms with Crippen LogP contribution < -0.4 is 10.2 Å². The maximum Gasteiger partial charge on any atom is 0.329 e. The molecule has 0 aliphatic carbocycles. The van der Waals surface area contributed by atoms with Crippen molar-refractivity contribution in [1.29, 1.82) is 0 Å². The molecule has 4 rings (SSSR count). The number of nitrogens with zero attached hydrogens (tertiary/aromatic N) is 2. The maximum atomic E-state index is 12.7. The molecule has 1 atom stereocenters. The average molecular weight is 335 g/mol. The molecule has 3 amide bonds. The molecular formula is C20H21N3O2. The van der Waals surface area contributed by atoms with Gasteiger partial charge in [0, 0.05) is 6.54 Å². The Morgan fingerprint density at radius 1 is 0.880 bits per heavy atom. The number of amides is 3. The molecule has 25 heavy (non-hydrogen) atoms. The van der Waals surface area contributed by atoms with Gasteiger partial charge in [0.1, 0.15) is 6.04 Å². The summed E-state index contributed by atoms with van der Waals surface area (Å²) in [6, 6.07) is 16.8. The number of likely N-dealkylation sites (tertiary alicyclic amines) is 1. The van der Waals surface area contributed by atoms with Gasteiger partial charge in [-0.15, -0.1) is 0 Å². The Hall–Kier alpha value is -2.66. The number of hydrogen-bond donors (Lipinski definition) is 1. The first-order valence-electron chi connectivity index (χ1n) is 8.75. The van der Waals surface area contributed by atoms with Crippen molar-refractivity contribution < 1.29 is 9.59 Å². The first-order chi connectivity index (χ1) is 12.2. The quantitative estimate of drug-likeness (QED) is 0.874. The summed E-state index contributed by atoms with van der Waals surface area (Å²) in [5.41, 5.74) is 2.79. The summed E-state index contributed by atoms with van der Waals surface area (Å²) in [5, 5.41) is 2.82. The Kier molecular flexibility index (Phi) is 4.24. The fraction of sp³-hybridized carbons (Fsp3) is 0.300. The van der Waals surface area contributed by atoms with Gasteiger partial charge in [0.2, 0.25) is 0 Å². The minimum Gasteiger partial charge on any atom is -0.324 e. The highest BCUT2D eigenvalue weighted by molar-refractivity contribution is 6.21. The second-order valence-corrected chi connectivity index (χ2v) is 6.60.